The van der Waals surface area contributed by atoms with Crippen LogP contribution in [0.4, 0.5) is 0 Å². The molecule has 1 saturated heterocycles. The van der Waals surface area contributed by atoms with Crippen LogP contribution in [0.15, 0.2) is 0 Å². The highest BCUT2D eigenvalue weighted by Crippen LogP contribution is 2.40. The molecule has 0 amide bonds. The Hall–Kier alpha value is -1.15. The summed E-state index contributed by atoms with van der Waals surface area (Å²) >= 11 is 0. The first-order valence-corrected chi connectivity index (χ1v) is 10.1. The van der Waals surface area contributed by atoms with E-state index in [-0.39, 0.29) is 18.3 Å². The van der Waals surface area contributed by atoms with Gasteiger partial charge in [0, 0.05) is 12.6 Å². The fourth-order valence-electron chi connectivity index (χ4n) is 3.95. The van der Waals surface area contributed by atoms with Gasteiger partial charge in [0.05, 0.1) is 24.2 Å². The highest BCUT2D eigenvalue weighted by atomic mass is 32.2. The molecule has 2 unspecified atom stereocenters. The lowest BCUT2D eigenvalue weighted by atomic mass is 9.75. The zero-order valence-corrected chi connectivity index (χ0v) is 15.2. The van der Waals surface area contributed by atoms with Gasteiger partial charge in [0.15, 0.2) is 0 Å². The first-order valence-electron chi connectivity index (χ1n) is 8.52. The summed E-state index contributed by atoms with van der Waals surface area (Å²) < 4.78 is 32.1. The average molecular weight is 361 g/mol. The molecule has 0 aromatic carbocycles. The first kappa shape index (κ1) is 19.2. The SMILES string of the molecule is COC(=O)C1(CS(=O)(=O)N2CC(C(=O)O)CCC2C)CCCCC1. The highest BCUT2D eigenvalue weighted by molar-refractivity contribution is 7.89. The minimum Gasteiger partial charge on any atom is -0.481 e. The van der Waals surface area contributed by atoms with Gasteiger partial charge in [-0.1, -0.05) is 19.3 Å². The van der Waals surface area contributed by atoms with Crippen LogP contribution in [0.2, 0.25) is 0 Å². The number of piperidine rings is 1. The Kier molecular flexibility index (Phi) is 5.91. The molecule has 1 N–H and O–H groups in total. The van der Waals surface area contributed by atoms with Gasteiger partial charge in [-0.15, -0.1) is 0 Å². The summed E-state index contributed by atoms with van der Waals surface area (Å²) in [4.78, 5) is 23.5. The normalized spacial score (nSPS) is 28.2. The zero-order chi connectivity index (χ0) is 18.0. The van der Waals surface area contributed by atoms with Crippen molar-refractivity contribution in [3.05, 3.63) is 0 Å². The lowest BCUT2D eigenvalue weighted by molar-refractivity contribution is -0.153. The summed E-state index contributed by atoms with van der Waals surface area (Å²) in [6.45, 7) is 1.78. The molecule has 0 bridgehead atoms. The third-order valence-corrected chi connectivity index (χ3v) is 7.56. The molecule has 7 nitrogen and oxygen atoms in total. The van der Waals surface area contributed by atoms with E-state index < -0.39 is 33.3 Å². The van der Waals surface area contributed by atoms with Crippen molar-refractivity contribution in [1.29, 1.82) is 0 Å². The molecule has 0 spiro atoms. The van der Waals surface area contributed by atoms with Crippen molar-refractivity contribution >= 4 is 22.0 Å². The van der Waals surface area contributed by atoms with Crippen LogP contribution in [0.5, 0.6) is 0 Å². The van der Waals surface area contributed by atoms with Gasteiger partial charge in [-0.3, -0.25) is 9.59 Å². The molecule has 138 valence electrons. The first-order chi connectivity index (χ1) is 11.2. The molecule has 2 fully saturated rings. The lowest BCUT2D eigenvalue weighted by Crippen LogP contribution is -2.52. The quantitative estimate of drug-likeness (QED) is 0.747. The molecule has 2 aliphatic rings. The number of aliphatic carboxylic acids is 1. The second kappa shape index (κ2) is 7.39. The number of carbonyl (C=O) groups is 2. The molecule has 2 atom stereocenters. The van der Waals surface area contributed by atoms with Crippen LogP contribution >= 0.6 is 0 Å². The maximum Gasteiger partial charge on any atom is 0.312 e. The number of methoxy groups -OCH3 is 1. The van der Waals surface area contributed by atoms with Crippen molar-refractivity contribution in [2.24, 2.45) is 11.3 Å². The molecule has 0 radical (unpaired) electrons. The summed E-state index contributed by atoms with van der Waals surface area (Å²) in [7, 11) is -2.46. The standard InChI is InChI=1S/C16H27NO6S/c1-12-6-7-13(14(18)19)10-17(12)24(21,22)11-16(15(20)23-2)8-4-3-5-9-16/h12-13H,3-11H2,1-2H3,(H,18,19). The van der Waals surface area contributed by atoms with Gasteiger partial charge in [-0.2, -0.15) is 4.31 Å². The Morgan fingerprint density at radius 2 is 1.83 bits per heavy atom. The Morgan fingerprint density at radius 1 is 1.21 bits per heavy atom. The van der Waals surface area contributed by atoms with E-state index >= 15 is 0 Å². The maximum absolute atomic E-state index is 13.0. The second-order valence-electron chi connectivity index (χ2n) is 7.12. The summed E-state index contributed by atoms with van der Waals surface area (Å²) in [5, 5.41) is 9.21. The summed E-state index contributed by atoms with van der Waals surface area (Å²) in [6, 6.07) is -0.246. The van der Waals surface area contributed by atoms with E-state index in [0.29, 0.717) is 25.7 Å². The van der Waals surface area contributed by atoms with Crippen molar-refractivity contribution in [3.63, 3.8) is 0 Å². The maximum atomic E-state index is 13.0. The third kappa shape index (κ3) is 3.91. The Labute approximate surface area is 143 Å². The Morgan fingerprint density at radius 3 is 2.38 bits per heavy atom. The van der Waals surface area contributed by atoms with E-state index in [1.54, 1.807) is 6.92 Å². The van der Waals surface area contributed by atoms with E-state index in [1.165, 1.54) is 11.4 Å². The van der Waals surface area contributed by atoms with Gasteiger partial charge < -0.3 is 9.84 Å². The van der Waals surface area contributed by atoms with Crippen LogP contribution in [0, 0.1) is 11.3 Å². The van der Waals surface area contributed by atoms with E-state index in [9.17, 15) is 23.1 Å². The van der Waals surface area contributed by atoms with Gasteiger partial charge >= 0.3 is 11.9 Å². The number of esters is 1. The van der Waals surface area contributed by atoms with Crippen LogP contribution in [-0.2, 0) is 24.3 Å². The van der Waals surface area contributed by atoms with Gasteiger partial charge in [0.2, 0.25) is 10.0 Å². The highest BCUT2D eigenvalue weighted by Gasteiger charge is 2.47. The van der Waals surface area contributed by atoms with Crippen LogP contribution in [0.1, 0.15) is 51.9 Å². The minimum absolute atomic E-state index is 0.0178. The van der Waals surface area contributed by atoms with Crippen molar-refractivity contribution in [2.45, 2.75) is 57.9 Å². The number of hydrogen-bond acceptors (Lipinski definition) is 5. The number of nitrogens with zero attached hydrogens (tertiary/aromatic N) is 1. The zero-order valence-electron chi connectivity index (χ0n) is 14.4. The van der Waals surface area contributed by atoms with Crippen molar-refractivity contribution < 1.29 is 27.9 Å². The van der Waals surface area contributed by atoms with Gasteiger partial charge in [-0.05, 0) is 32.6 Å². The molecule has 8 heteroatoms. The number of carboxylic acid groups (broad SMARTS) is 1. The number of sulfonamides is 1. The molecule has 1 aliphatic heterocycles. The molecule has 1 heterocycles. The smallest absolute Gasteiger partial charge is 0.312 e. The van der Waals surface area contributed by atoms with Crippen molar-refractivity contribution in [1.82, 2.24) is 4.31 Å². The van der Waals surface area contributed by atoms with Crippen LogP contribution < -0.4 is 0 Å². The number of carbonyl (C=O) groups excluding carboxylic acids is 1. The van der Waals surface area contributed by atoms with E-state index in [2.05, 4.69) is 0 Å². The van der Waals surface area contributed by atoms with Gasteiger partial charge in [0.1, 0.15) is 0 Å². The lowest BCUT2D eigenvalue weighted by Gasteiger charge is -2.39. The summed E-state index contributed by atoms with van der Waals surface area (Å²) in [5.74, 6) is -2.41. The predicted molar refractivity (Wildman–Crippen MR) is 87.8 cm³/mol. The topological polar surface area (TPSA) is 101 Å². The summed E-state index contributed by atoms with van der Waals surface area (Å²) in [6.07, 6.45) is 4.59. The number of ether oxygens (including phenoxy) is 1. The molecular formula is C16H27NO6S. The molecular weight excluding hydrogens is 334 g/mol. The Balaban J connectivity index is 2.24. The van der Waals surface area contributed by atoms with Crippen LogP contribution in [0.3, 0.4) is 0 Å². The van der Waals surface area contributed by atoms with E-state index in [4.69, 9.17) is 4.74 Å². The molecule has 1 saturated carbocycles. The molecule has 24 heavy (non-hydrogen) atoms. The molecule has 1 aliphatic carbocycles. The van der Waals surface area contributed by atoms with Crippen molar-refractivity contribution in [2.75, 3.05) is 19.4 Å². The van der Waals surface area contributed by atoms with Crippen LogP contribution in [0.25, 0.3) is 0 Å². The number of carboxylic acids is 1. The van der Waals surface area contributed by atoms with E-state index in [0.717, 1.165) is 19.3 Å². The minimum atomic E-state index is -3.74. The number of rotatable bonds is 5. The average Bonchev–Trinajstić information content (AvgIpc) is 2.54. The van der Waals surface area contributed by atoms with Gasteiger partial charge in [-0.25, -0.2) is 8.42 Å². The fraction of sp³-hybridized carbons (Fsp3) is 0.875. The monoisotopic (exact) mass is 361 g/mol. The number of hydrogen-bond donors (Lipinski definition) is 1. The summed E-state index contributed by atoms with van der Waals surface area (Å²) in [5.41, 5.74) is -0.998. The predicted octanol–water partition coefficient (Wildman–Crippen LogP) is 1.62. The largest absolute Gasteiger partial charge is 0.481 e. The van der Waals surface area contributed by atoms with Crippen LogP contribution in [-0.4, -0.2) is 55.2 Å². The third-order valence-electron chi connectivity index (χ3n) is 5.42. The Bertz CT molecular complexity index is 581. The molecule has 0 aromatic rings. The molecule has 0 aromatic heterocycles. The van der Waals surface area contributed by atoms with E-state index in [1.807, 2.05) is 0 Å². The fourth-order valence-corrected chi connectivity index (χ4v) is 6.28. The second-order valence-corrected chi connectivity index (χ2v) is 9.04. The van der Waals surface area contributed by atoms with Gasteiger partial charge in [0.25, 0.3) is 0 Å². The van der Waals surface area contributed by atoms with Crippen molar-refractivity contribution in [3.8, 4) is 0 Å². The molecule has 2 rings (SSSR count).